The van der Waals surface area contributed by atoms with E-state index >= 15 is 0 Å². The van der Waals surface area contributed by atoms with E-state index in [1.165, 1.54) is 10.4 Å². The highest BCUT2D eigenvalue weighted by Gasteiger charge is 2.37. The van der Waals surface area contributed by atoms with Crippen molar-refractivity contribution in [3.05, 3.63) is 29.3 Å². The number of hydrogen-bond donors (Lipinski definition) is 1. The van der Waals surface area contributed by atoms with Crippen molar-refractivity contribution in [2.45, 2.75) is 24.3 Å². The van der Waals surface area contributed by atoms with Gasteiger partial charge in [-0.2, -0.15) is 4.31 Å². The molecule has 100 valence electrons. The molecular weight excluding hydrogens is 272 g/mol. The number of nitrogens with zero attached hydrogens (tertiary/aromatic N) is 1. The molecule has 1 aromatic carbocycles. The van der Waals surface area contributed by atoms with Crippen LogP contribution in [0.2, 0.25) is 5.02 Å². The van der Waals surface area contributed by atoms with Gasteiger partial charge in [0, 0.05) is 17.6 Å². The normalized spacial score (nSPS) is 25.5. The summed E-state index contributed by atoms with van der Waals surface area (Å²) < 4.78 is 26.5. The van der Waals surface area contributed by atoms with Crippen LogP contribution in [0.1, 0.15) is 13.3 Å². The van der Waals surface area contributed by atoms with E-state index < -0.39 is 10.0 Å². The number of rotatable bonds is 3. The summed E-state index contributed by atoms with van der Waals surface area (Å²) in [5, 5.41) is 0.429. The summed E-state index contributed by atoms with van der Waals surface area (Å²) in [5.74, 6) is 0.244. The molecule has 6 heteroatoms. The van der Waals surface area contributed by atoms with Crippen molar-refractivity contribution in [2.24, 2.45) is 11.7 Å². The Labute approximate surface area is 113 Å². The highest BCUT2D eigenvalue weighted by molar-refractivity contribution is 7.89. The Morgan fingerprint density at radius 3 is 2.78 bits per heavy atom. The Balaban J connectivity index is 2.32. The van der Waals surface area contributed by atoms with Crippen LogP contribution >= 0.6 is 11.6 Å². The summed E-state index contributed by atoms with van der Waals surface area (Å²) in [6.07, 6.45) is 0.816. The number of sulfonamides is 1. The zero-order valence-electron chi connectivity index (χ0n) is 10.2. The Kier molecular flexibility index (Phi) is 3.96. The van der Waals surface area contributed by atoms with Crippen molar-refractivity contribution in [3.8, 4) is 0 Å². The fourth-order valence-electron chi connectivity index (χ4n) is 2.38. The fourth-order valence-corrected chi connectivity index (χ4v) is 4.40. The van der Waals surface area contributed by atoms with Crippen molar-refractivity contribution in [1.29, 1.82) is 0 Å². The molecule has 0 aromatic heterocycles. The van der Waals surface area contributed by atoms with Gasteiger partial charge in [0.05, 0.1) is 4.90 Å². The maximum atomic E-state index is 12.5. The number of halogens is 1. The van der Waals surface area contributed by atoms with Crippen LogP contribution in [-0.4, -0.2) is 31.9 Å². The third kappa shape index (κ3) is 2.54. The predicted octanol–water partition coefficient (Wildman–Crippen LogP) is 1.70. The Morgan fingerprint density at radius 1 is 1.50 bits per heavy atom. The van der Waals surface area contributed by atoms with Gasteiger partial charge in [0.1, 0.15) is 0 Å². The van der Waals surface area contributed by atoms with Crippen molar-refractivity contribution in [3.63, 3.8) is 0 Å². The molecule has 0 saturated carbocycles. The molecule has 4 nitrogen and oxygen atoms in total. The molecule has 2 atom stereocenters. The lowest BCUT2D eigenvalue weighted by atomic mass is 10.1. The first-order valence-electron chi connectivity index (χ1n) is 5.92. The summed E-state index contributed by atoms with van der Waals surface area (Å²) in [4.78, 5) is 0.250. The zero-order valence-corrected chi connectivity index (χ0v) is 11.8. The second kappa shape index (κ2) is 5.17. The molecular formula is C12H17ClN2O2S. The van der Waals surface area contributed by atoms with E-state index in [1.54, 1.807) is 18.2 Å². The van der Waals surface area contributed by atoms with Crippen molar-refractivity contribution < 1.29 is 8.42 Å². The van der Waals surface area contributed by atoms with Crippen LogP contribution in [0.25, 0.3) is 0 Å². The van der Waals surface area contributed by atoms with Crippen LogP contribution in [0.15, 0.2) is 29.2 Å². The van der Waals surface area contributed by atoms with Gasteiger partial charge < -0.3 is 5.73 Å². The Bertz CT molecular complexity index is 533. The number of nitrogens with two attached hydrogens (primary N) is 1. The van der Waals surface area contributed by atoms with Gasteiger partial charge in [-0.05, 0) is 44.0 Å². The third-order valence-electron chi connectivity index (χ3n) is 3.34. The monoisotopic (exact) mass is 288 g/mol. The van der Waals surface area contributed by atoms with Gasteiger partial charge >= 0.3 is 0 Å². The summed E-state index contributed by atoms with van der Waals surface area (Å²) in [7, 11) is -3.46. The van der Waals surface area contributed by atoms with Crippen molar-refractivity contribution in [2.75, 3.05) is 13.1 Å². The molecule has 2 N–H and O–H groups in total. The van der Waals surface area contributed by atoms with E-state index in [1.807, 2.05) is 6.92 Å². The first-order valence-corrected chi connectivity index (χ1v) is 7.74. The van der Waals surface area contributed by atoms with E-state index in [9.17, 15) is 8.42 Å². The van der Waals surface area contributed by atoms with Crippen LogP contribution in [0, 0.1) is 5.92 Å². The van der Waals surface area contributed by atoms with Gasteiger partial charge in [-0.3, -0.25) is 0 Å². The van der Waals surface area contributed by atoms with Gasteiger partial charge in [0.25, 0.3) is 0 Å². The van der Waals surface area contributed by atoms with E-state index in [2.05, 4.69) is 0 Å². The maximum absolute atomic E-state index is 12.5. The van der Waals surface area contributed by atoms with E-state index in [-0.39, 0.29) is 16.9 Å². The molecule has 0 radical (unpaired) electrons. The van der Waals surface area contributed by atoms with E-state index in [4.69, 9.17) is 17.3 Å². The minimum absolute atomic E-state index is 0.0115. The summed E-state index contributed by atoms with van der Waals surface area (Å²) in [5.41, 5.74) is 5.62. The molecule has 0 aliphatic carbocycles. The molecule has 1 aliphatic rings. The van der Waals surface area contributed by atoms with Gasteiger partial charge in [0.2, 0.25) is 10.0 Å². The molecule has 18 heavy (non-hydrogen) atoms. The minimum Gasteiger partial charge on any atom is -0.330 e. The summed E-state index contributed by atoms with van der Waals surface area (Å²) in [6, 6.07) is 6.36. The second-order valence-corrected chi connectivity index (χ2v) is 7.05. The number of benzene rings is 1. The first kappa shape index (κ1) is 13.8. The SMILES string of the molecule is CC1CC(CN)CN1S(=O)(=O)c1cccc(Cl)c1. The van der Waals surface area contributed by atoms with Crippen LogP contribution in [-0.2, 0) is 10.0 Å². The van der Waals surface area contributed by atoms with E-state index in [0.29, 0.717) is 18.1 Å². The lowest BCUT2D eigenvalue weighted by molar-refractivity contribution is 0.404. The van der Waals surface area contributed by atoms with Crippen LogP contribution in [0.5, 0.6) is 0 Å². The molecule has 0 spiro atoms. The predicted molar refractivity (Wildman–Crippen MR) is 72.0 cm³/mol. The number of hydrogen-bond acceptors (Lipinski definition) is 3. The van der Waals surface area contributed by atoms with E-state index in [0.717, 1.165) is 6.42 Å². The average Bonchev–Trinajstić information content (AvgIpc) is 2.71. The van der Waals surface area contributed by atoms with Crippen LogP contribution < -0.4 is 5.73 Å². The molecule has 1 heterocycles. The Hall–Kier alpha value is -0.620. The van der Waals surface area contributed by atoms with Crippen LogP contribution in [0.4, 0.5) is 0 Å². The topological polar surface area (TPSA) is 63.4 Å². The van der Waals surface area contributed by atoms with Gasteiger partial charge in [-0.15, -0.1) is 0 Å². The lowest BCUT2D eigenvalue weighted by Crippen LogP contribution is -2.34. The highest BCUT2D eigenvalue weighted by atomic mass is 35.5. The van der Waals surface area contributed by atoms with Crippen molar-refractivity contribution >= 4 is 21.6 Å². The molecule has 1 fully saturated rings. The lowest BCUT2D eigenvalue weighted by Gasteiger charge is -2.21. The summed E-state index contributed by atoms with van der Waals surface area (Å²) >= 11 is 5.85. The molecule has 1 aromatic rings. The molecule has 0 amide bonds. The second-order valence-electron chi connectivity index (χ2n) is 4.72. The van der Waals surface area contributed by atoms with Gasteiger partial charge in [-0.25, -0.2) is 8.42 Å². The molecule has 0 bridgehead atoms. The quantitative estimate of drug-likeness (QED) is 0.921. The van der Waals surface area contributed by atoms with Crippen LogP contribution in [0.3, 0.4) is 0 Å². The highest BCUT2D eigenvalue weighted by Crippen LogP contribution is 2.29. The minimum atomic E-state index is -3.46. The largest absolute Gasteiger partial charge is 0.330 e. The molecule has 1 aliphatic heterocycles. The first-order chi connectivity index (χ1) is 8.45. The fraction of sp³-hybridized carbons (Fsp3) is 0.500. The van der Waals surface area contributed by atoms with Gasteiger partial charge in [0.15, 0.2) is 0 Å². The average molecular weight is 289 g/mol. The van der Waals surface area contributed by atoms with Crippen molar-refractivity contribution in [1.82, 2.24) is 4.31 Å². The third-order valence-corrected chi connectivity index (χ3v) is 5.55. The summed E-state index contributed by atoms with van der Waals surface area (Å²) in [6.45, 7) is 2.93. The smallest absolute Gasteiger partial charge is 0.243 e. The zero-order chi connectivity index (χ0) is 13.3. The Morgan fingerprint density at radius 2 is 2.22 bits per heavy atom. The molecule has 1 saturated heterocycles. The standard InChI is InChI=1S/C12H17ClN2O2S/c1-9-5-10(7-14)8-15(9)18(16,17)12-4-2-3-11(13)6-12/h2-4,6,9-10H,5,7-8,14H2,1H3. The maximum Gasteiger partial charge on any atom is 0.243 e. The molecule has 2 rings (SSSR count). The molecule has 2 unspecified atom stereocenters. The van der Waals surface area contributed by atoms with Gasteiger partial charge in [-0.1, -0.05) is 17.7 Å².